The number of rotatable bonds is 3. The third kappa shape index (κ3) is 2.82. The van der Waals surface area contributed by atoms with Crippen LogP contribution in [-0.4, -0.2) is 41.5 Å². The largest absolute Gasteiger partial charge is 0.369 e. The fourth-order valence-corrected chi connectivity index (χ4v) is 2.91. The highest BCUT2D eigenvalue weighted by Crippen LogP contribution is 2.22. The van der Waals surface area contributed by atoms with Gasteiger partial charge in [0.05, 0.1) is 5.52 Å². The molecule has 106 valence electrons. The van der Waals surface area contributed by atoms with Gasteiger partial charge in [0.15, 0.2) is 0 Å². The van der Waals surface area contributed by atoms with Crippen LogP contribution < -0.4 is 11.1 Å². The Bertz CT molecular complexity index is 598. The molecule has 1 aliphatic rings. The second-order valence-electron chi connectivity index (χ2n) is 5.60. The number of anilines is 2. The molecule has 3 N–H and O–H groups in total. The first kappa shape index (κ1) is 13.1. The predicted molar refractivity (Wildman–Crippen MR) is 82.7 cm³/mol. The highest BCUT2D eigenvalue weighted by molar-refractivity contribution is 5.89. The third-order valence-corrected chi connectivity index (χ3v) is 3.90. The van der Waals surface area contributed by atoms with Gasteiger partial charge in [0.2, 0.25) is 5.95 Å². The van der Waals surface area contributed by atoms with Crippen LogP contribution in [0.25, 0.3) is 10.9 Å². The molecule has 0 amide bonds. The number of nitrogens with one attached hydrogen (secondary N) is 1. The molecule has 1 fully saturated rings. The molecule has 1 aromatic carbocycles. The van der Waals surface area contributed by atoms with Gasteiger partial charge in [0.25, 0.3) is 0 Å². The fourth-order valence-electron chi connectivity index (χ4n) is 2.91. The van der Waals surface area contributed by atoms with Crippen molar-refractivity contribution >= 4 is 22.7 Å². The Labute approximate surface area is 119 Å². The number of nitrogens with zero attached hydrogens (tertiary/aromatic N) is 3. The van der Waals surface area contributed by atoms with Crippen molar-refractivity contribution in [3.63, 3.8) is 0 Å². The second-order valence-corrected chi connectivity index (χ2v) is 5.60. The van der Waals surface area contributed by atoms with Crippen molar-refractivity contribution in [1.29, 1.82) is 0 Å². The molecule has 0 spiro atoms. The molecule has 2 heterocycles. The number of piperidine rings is 1. The Morgan fingerprint density at radius 2 is 2.20 bits per heavy atom. The average Bonchev–Trinajstić information content (AvgIpc) is 2.44. The number of benzene rings is 1. The van der Waals surface area contributed by atoms with Crippen LogP contribution >= 0.6 is 0 Å². The average molecular weight is 271 g/mol. The van der Waals surface area contributed by atoms with E-state index in [0.717, 1.165) is 29.8 Å². The summed E-state index contributed by atoms with van der Waals surface area (Å²) in [5.74, 6) is 1.84. The molecular weight excluding hydrogens is 250 g/mol. The predicted octanol–water partition coefficient (Wildman–Crippen LogP) is 1.97. The van der Waals surface area contributed by atoms with E-state index in [-0.39, 0.29) is 0 Å². The summed E-state index contributed by atoms with van der Waals surface area (Å²) < 4.78 is 0. The summed E-state index contributed by atoms with van der Waals surface area (Å²) in [4.78, 5) is 11.0. The van der Waals surface area contributed by atoms with Crippen LogP contribution in [0.1, 0.15) is 12.8 Å². The zero-order valence-electron chi connectivity index (χ0n) is 11.8. The van der Waals surface area contributed by atoms with E-state index >= 15 is 0 Å². The fraction of sp³-hybridized carbons (Fsp3) is 0.467. The highest BCUT2D eigenvalue weighted by Gasteiger charge is 2.17. The normalized spacial score (nSPS) is 20.1. The highest BCUT2D eigenvalue weighted by atomic mass is 15.1. The van der Waals surface area contributed by atoms with Gasteiger partial charge in [0, 0.05) is 18.5 Å². The lowest BCUT2D eigenvalue weighted by molar-refractivity contribution is 0.217. The minimum atomic E-state index is 0.326. The van der Waals surface area contributed by atoms with Crippen molar-refractivity contribution in [3.05, 3.63) is 24.3 Å². The smallest absolute Gasteiger partial charge is 0.222 e. The van der Waals surface area contributed by atoms with E-state index in [0.29, 0.717) is 11.9 Å². The van der Waals surface area contributed by atoms with Crippen LogP contribution in [0.3, 0.4) is 0 Å². The van der Waals surface area contributed by atoms with Gasteiger partial charge in [-0.2, -0.15) is 4.98 Å². The molecule has 0 aliphatic carbocycles. The van der Waals surface area contributed by atoms with Crippen LogP contribution in [0.2, 0.25) is 0 Å². The molecule has 1 atom stereocenters. The summed E-state index contributed by atoms with van der Waals surface area (Å²) in [6.07, 6.45) is 2.55. The number of fused-ring (bicyclic) bond motifs is 1. The van der Waals surface area contributed by atoms with Gasteiger partial charge in [0.1, 0.15) is 5.82 Å². The molecular formula is C15H21N5. The van der Waals surface area contributed by atoms with Gasteiger partial charge in [-0.05, 0) is 44.5 Å². The zero-order chi connectivity index (χ0) is 13.9. The van der Waals surface area contributed by atoms with Crippen molar-refractivity contribution in [1.82, 2.24) is 14.9 Å². The van der Waals surface area contributed by atoms with Gasteiger partial charge in [-0.25, -0.2) is 4.98 Å². The summed E-state index contributed by atoms with van der Waals surface area (Å²) in [5.41, 5.74) is 6.68. The van der Waals surface area contributed by atoms with Crippen molar-refractivity contribution < 1.29 is 0 Å². The summed E-state index contributed by atoms with van der Waals surface area (Å²) in [5, 5.41) is 4.49. The number of hydrogen-bond acceptors (Lipinski definition) is 5. The van der Waals surface area contributed by atoms with Crippen LogP contribution in [0, 0.1) is 5.92 Å². The van der Waals surface area contributed by atoms with E-state index in [1.54, 1.807) is 0 Å². The first-order chi connectivity index (χ1) is 9.72. The van der Waals surface area contributed by atoms with Crippen molar-refractivity contribution in [2.45, 2.75) is 12.8 Å². The Morgan fingerprint density at radius 1 is 1.35 bits per heavy atom. The molecule has 2 aromatic rings. The Kier molecular flexibility index (Phi) is 3.69. The minimum Gasteiger partial charge on any atom is -0.369 e. The monoisotopic (exact) mass is 271 g/mol. The van der Waals surface area contributed by atoms with E-state index in [9.17, 15) is 0 Å². The summed E-state index contributed by atoms with van der Waals surface area (Å²) >= 11 is 0. The molecule has 3 rings (SSSR count). The SMILES string of the molecule is CN1CCCC(CNc2nc(N)nc3ccccc23)C1. The van der Waals surface area contributed by atoms with E-state index in [1.807, 2.05) is 24.3 Å². The van der Waals surface area contributed by atoms with E-state index < -0.39 is 0 Å². The number of nitrogens with two attached hydrogens (primary N) is 1. The molecule has 0 radical (unpaired) electrons. The van der Waals surface area contributed by atoms with Gasteiger partial charge in [-0.1, -0.05) is 12.1 Å². The van der Waals surface area contributed by atoms with E-state index in [1.165, 1.54) is 19.4 Å². The molecule has 0 saturated carbocycles. The lowest BCUT2D eigenvalue weighted by Crippen LogP contribution is -2.35. The first-order valence-electron chi connectivity index (χ1n) is 7.17. The zero-order valence-corrected chi connectivity index (χ0v) is 11.8. The topological polar surface area (TPSA) is 67.1 Å². The van der Waals surface area contributed by atoms with Crippen LogP contribution in [0.15, 0.2) is 24.3 Å². The standard InChI is InChI=1S/C15H21N5/c1-20-8-4-5-11(10-20)9-17-14-12-6-2-3-7-13(12)18-15(16)19-14/h2-3,6-7,11H,4-5,8-10H2,1H3,(H3,16,17,18,19). The molecule has 1 unspecified atom stereocenters. The van der Waals surface area contributed by atoms with Crippen molar-refractivity contribution in [2.75, 3.05) is 37.7 Å². The molecule has 20 heavy (non-hydrogen) atoms. The maximum Gasteiger partial charge on any atom is 0.222 e. The van der Waals surface area contributed by atoms with Crippen LogP contribution in [0.5, 0.6) is 0 Å². The molecule has 1 aliphatic heterocycles. The van der Waals surface area contributed by atoms with Crippen LogP contribution in [-0.2, 0) is 0 Å². The number of nitrogen functional groups attached to an aromatic ring is 1. The van der Waals surface area contributed by atoms with Gasteiger partial charge >= 0.3 is 0 Å². The summed E-state index contributed by atoms with van der Waals surface area (Å²) in [6.45, 7) is 3.29. The molecule has 0 bridgehead atoms. The van der Waals surface area contributed by atoms with Crippen molar-refractivity contribution in [3.8, 4) is 0 Å². The van der Waals surface area contributed by atoms with Gasteiger partial charge < -0.3 is 16.0 Å². The summed E-state index contributed by atoms with van der Waals surface area (Å²) in [6, 6.07) is 7.97. The molecule has 1 saturated heterocycles. The number of para-hydroxylation sites is 1. The number of aromatic nitrogens is 2. The quantitative estimate of drug-likeness (QED) is 0.893. The summed E-state index contributed by atoms with van der Waals surface area (Å²) in [7, 11) is 2.18. The Hall–Kier alpha value is -1.88. The third-order valence-electron chi connectivity index (χ3n) is 3.90. The maximum atomic E-state index is 5.79. The molecule has 5 heteroatoms. The second kappa shape index (κ2) is 5.63. The van der Waals surface area contributed by atoms with E-state index in [4.69, 9.17) is 5.73 Å². The van der Waals surface area contributed by atoms with Crippen LogP contribution in [0.4, 0.5) is 11.8 Å². The lowest BCUT2D eigenvalue weighted by atomic mass is 9.98. The van der Waals surface area contributed by atoms with E-state index in [2.05, 4.69) is 27.2 Å². The molecule has 1 aromatic heterocycles. The first-order valence-corrected chi connectivity index (χ1v) is 7.17. The molecule has 5 nitrogen and oxygen atoms in total. The Balaban J connectivity index is 1.77. The minimum absolute atomic E-state index is 0.326. The van der Waals surface area contributed by atoms with Gasteiger partial charge in [-0.15, -0.1) is 0 Å². The van der Waals surface area contributed by atoms with Crippen molar-refractivity contribution in [2.24, 2.45) is 5.92 Å². The maximum absolute atomic E-state index is 5.79. The van der Waals surface area contributed by atoms with Gasteiger partial charge in [-0.3, -0.25) is 0 Å². The number of likely N-dealkylation sites (tertiary alicyclic amines) is 1. The lowest BCUT2D eigenvalue weighted by Gasteiger charge is -2.29. The Morgan fingerprint density at radius 3 is 3.05 bits per heavy atom. The number of hydrogen-bond donors (Lipinski definition) is 2.